The van der Waals surface area contributed by atoms with E-state index in [0.717, 1.165) is 17.7 Å². The molecule has 1 saturated heterocycles. The van der Waals surface area contributed by atoms with Gasteiger partial charge in [-0.3, -0.25) is 4.79 Å². The normalized spacial score (nSPS) is 26.0. The highest BCUT2D eigenvalue weighted by atomic mass is 16.2. The van der Waals surface area contributed by atoms with Crippen molar-refractivity contribution < 1.29 is 4.79 Å². The van der Waals surface area contributed by atoms with Gasteiger partial charge in [0, 0.05) is 6.54 Å². The lowest BCUT2D eigenvalue weighted by Crippen LogP contribution is -2.39. The van der Waals surface area contributed by atoms with Crippen LogP contribution in [0.2, 0.25) is 0 Å². The van der Waals surface area contributed by atoms with E-state index >= 15 is 0 Å². The summed E-state index contributed by atoms with van der Waals surface area (Å²) in [6, 6.07) is -0.461. The number of nitrogens with two attached hydrogens (primary N) is 1. The molecule has 1 aliphatic heterocycles. The van der Waals surface area contributed by atoms with Gasteiger partial charge in [-0.1, -0.05) is 0 Å². The molecule has 1 amide bonds. The maximum atomic E-state index is 11.2. The standard InChI is InChI=1S/C7H11N3O/c8-5-10-4-2-1-3-6(9)7(10)11/h6H,1-4,9H2/t6-/m0/s1. The number of carbonyl (C=O) groups excluding carboxylic acids is 1. The van der Waals surface area contributed by atoms with Crippen molar-refractivity contribution in [2.24, 2.45) is 5.73 Å². The average Bonchev–Trinajstić information content (AvgIpc) is 2.16. The molecule has 0 saturated carbocycles. The van der Waals surface area contributed by atoms with Crippen molar-refractivity contribution in [3.63, 3.8) is 0 Å². The first-order valence-corrected chi connectivity index (χ1v) is 3.72. The summed E-state index contributed by atoms with van der Waals surface area (Å²) in [7, 11) is 0. The van der Waals surface area contributed by atoms with Gasteiger partial charge in [-0.25, -0.2) is 4.90 Å². The van der Waals surface area contributed by atoms with Crippen LogP contribution in [0.3, 0.4) is 0 Å². The number of hydrogen-bond donors (Lipinski definition) is 1. The molecule has 4 heteroatoms. The third kappa shape index (κ3) is 1.69. The molecule has 0 bridgehead atoms. The van der Waals surface area contributed by atoms with E-state index in [9.17, 15) is 4.79 Å². The molecule has 2 N–H and O–H groups in total. The van der Waals surface area contributed by atoms with Crippen LogP contribution in [-0.4, -0.2) is 23.4 Å². The fourth-order valence-electron chi connectivity index (χ4n) is 1.17. The van der Waals surface area contributed by atoms with E-state index in [1.807, 2.05) is 6.19 Å². The lowest BCUT2D eigenvalue weighted by molar-refractivity contribution is -0.129. The fourth-order valence-corrected chi connectivity index (χ4v) is 1.17. The summed E-state index contributed by atoms with van der Waals surface area (Å²) in [6.45, 7) is 0.531. The van der Waals surface area contributed by atoms with E-state index in [0.29, 0.717) is 13.0 Å². The summed E-state index contributed by atoms with van der Waals surface area (Å²) < 4.78 is 0. The minimum absolute atomic E-state index is 0.231. The van der Waals surface area contributed by atoms with Crippen molar-refractivity contribution in [2.45, 2.75) is 25.3 Å². The topological polar surface area (TPSA) is 70.1 Å². The molecule has 1 fully saturated rings. The van der Waals surface area contributed by atoms with Gasteiger partial charge in [0.15, 0.2) is 6.19 Å². The van der Waals surface area contributed by atoms with Crippen molar-refractivity contribution in [2.75, 3.05) is 6.54 Å². The van der Waals surface area contributed by atoms with Crippen LogP contribution in [-0.2, 0) is 4.79 Å². The first-order valence-electron chi connectivity index (χ1n) is 3.72. The fraction of sp³-hybridized carbons (Fsp3) is 0.714. The molecule has 11 heavy (non-hydrogen) atoms. The summed E-state index contributed by atoms with van der Waals surface area (Å²) >= 11 is 0. The molecule has 1 aliphatic rings. The van der Waals surface area contributed by atoms with Crippen LogP contribution in [0.15, 0.2) is 0 Å². The molecule has 0 spiro atoms. The zero-order valence-corrected chi connectivity index (χ0v) is 6.29. The Kier molecular flexibility index (Phi) is 2.44. The minimum atomic E-state index is -0.461. The van der Waals surface area contributed by atoms with Crippen molar-refractivity contribution in [3.05, 3.63) is 0 Å². The maximum absolute atomic E-state index is 11.2. The summed E-state index contributed by atoms with van der Waals surface area (Å²) in [6.07, 6.45) is 4.35. The van der Waals surface area contributed by atoms with Crippen LogP contribution < -0.4 is 5.73 Å². The van der Waals surface area contributed by atoms with Gasteiger partial charge in [-0.15, -0.1) is 0 Å². The lowest BCUT2D eigenvalue weighted by Gasteiger charge is -2.12. The van der Waals surface area contributed by atoms with E-state index in [4.69, 9.17) is 11.0 Å². The van der Waals surface area contributed by atoms with Crippen molar-refractivity contribution in [3.8, 4) is 6.19 Å². The predicted molar refractivity (Wildman–Crippen MR) is 39.2 cm³/mol. The highest BCUT2D eigenvalue weighted by molar-refractivity contribution is 5.83. The van der Waals surface area contributed by atoms with Gasteiger partial charge in [-0.05, 0) is 19.3 Å². The molecule has 0 radical (unpaired) electrons. The Bertz CT molecular complexity index is 196. The number of rotatable bonds is 0. The first-order chi connectivity index (χ1) is 5.25. The Hall–Kier alpha value is -1.08. The molecule has 60 valence electrons. The van der Waals surface area contributed by atoms with Crippen molar-refractivity contribution in [1.29, 1.82) is 5.26 Å². The quantitative estimate of drug-likeness (QED) is 0.490. The highest BCUT2D eigenvalue weighted by Gasteiger charge is 2.23. The van der Waals surface area contributed by atoms with Crippen LogP contribution >= 0.6 is 0 Å². The molecule has 0 aliphatic carbocycles. The van der Waals surface area contributed by atoms with Crippen LogP contribution in [0.25, 0.3) is 0 Å². The molecule has 0 aromatic rings. The maximum Gasteiger partial charge on any atom is 0.252 e. The Morgan fingerprint density at radius 2 is 2.36 bits per heavy atom. The zero-order chi connectivity index (χ0) is 8.27. The van der Waals surface area contributed by atoms with Crippen molar-refractivity contribution in [1.82, 2.24) is 4.90 Å². The predicted octanol–water partition coefficient (Wildman–Crippen LogP) is -0.193. The Labute approximate surface area is 65.6 Å². The molecule has 4 nitrogen and oxygen atoms in total. The number of nitrogens with zero attached hydrogens (tertiary/aromatic N) is 2. The molecule has 1 atom stereocenters. The Morgan fingerprint density at radius 1 is 1.64 bits per heavy atom. The second-order valence-electron chi connectivity index (χ2n) is 2.69. The van der Waals surface area contributed by atoms with Gasteiger partial charge >= 0.3 is 0 Å². The van der Waals surface area contributed by atoms with E-state index in [1.54, 1.807) is 0 Å². The minimum Gasteiger partial charge on any atom is -0.320 e. The van der Waals surface area contributed by atoms with Gasteiger partial charge in [0.2, 0.25) is 0 Å². The molecule has 0 unspecified atom stereocenters. The van der Waals surface area contributed by atoms with Gasteiger partial charge in [0.25, 0.3) is 5.91 Å². The van der Waals surface area contributed by atoms with E-state index in [1.165, 1.54) is 0 Å². The Morgan fingerprint density at radius 3 is 3.00 bits per heavy atom. The second-order valence-corrected chi connectivity index (χ2v) is 2.69. The third-order valence-corrected chi connectivity index (χ3v) is 1.85. The second kappa shape index (κ2) is 3.35. The average molecular weight is 153 g/mol. The largest absolute Gasteiger partial charge is 0.320 e. The zero-order valence-electron chi connectivity index (χ0n) is 6.29. The number of carbonyl (C=O) groups is 1. The summed E-state index contributed by atoms with van der Waals surface area (Å²) in [5.41, 5.74) is 5.50. The number of likely N-dealkylation sites (tertiary alicyclic amines) is 1. The van der Waals surface area contributed by atoms with E-state index in [-0.39, 0.29) is 5.91 Å². The summed E-state index contributed by atoms with van der Waals surface area (Å²) in [5, 5.41) is 8.50. The van der Waals surface area contributed by atoms with E-state index in [2.05, 4.69) is 0 Å². The monoisotopic (exact) mass is 153 g/mol. The van der Waals surface area contributed by atoms with Crippen molar-refractivity contribution >= 4 is 5.91 Å². The van der Waals surface area contributed by atoms with Crippen LogP contribution in [0, 0.1) is 11.5 Å². The molecular formula is C7H11N3O. The lowest BCUT2D eigenvalue weighted by atomic mass is 10.1. The van der Waals surface area contributed by atoms with Gasteiger partial charge < -0.3 is 5.73 Å². The van der Waals surface area contributed by atoms with E-state index < -0.39 is 6.04 Å². The first kappa shape index (κ1) is 8.02. The smallest absolute Gasteiger partial charge is 0.252 e. The third-order valence-electron chi connectivity index (χ3n) is 1.85. The molecule has 0 aromatic carbocycles. The molecule has 1 rings (SSSR count). The van der Waals surface area contributed by atoms with Gasteiger partial charge in [0.1, 0.15) is 0 Å². The van der Waals surface area contributed by atoms with Crippen LogP contribution in [0.1, 0.15) is 19.3 Å². The van der Waals surface area contributed by atoms with Crippen LogP contribution in [0.4, 0.5) is 0 Å². The number of hydrogen-bond acceptors (Lipinski definition) is 3. The SMILES string of the molecule is N#CN1CCCC[C@H](N)C1=O. The molecule has 0 aromatic heterocycles. The molecular weight excluding hydrogens is 142 g/mol. The summed E-state index contributed by atoms with van der Waals surface area (Å²) in [5.74, 6) is -0.231. The summed E-state index contributed by atoms with van der Waals surface area (Å²) in [4.78, 5) is 12.3. The highest BCUT2D eigenvalue weighted by Crippen LogP contribution is 2.08. The van der Waals surface area contributed by atoms with Crippen LogP contribution in [0.5, 0.6) is 0 Å². The Balaban J connectivity index is 2.66. The molecule has 1 heterocycles. The number of nitriles is 1. The number of amides is 1. The van der Waals surface area contributed by atoms with Gasteiger partial charge in [-0.2, -0.15) is 5.26 Å². The van der Waals surface area contributed by atoms with Gasteiger partial charge in [0.05, 0.1) is 6.04 Å².